The molecule has 1 aromatic rings. The molecule has 0 saturated heterocycles. The van der Waals surface area contributed by atoms with Gasteiger partial charge >= 0.3 is 0 Å². The third-order valence-corrected chi connectivity index (χ3v) is 5.82. The quantitative estimate of drug-likeness (QED) is 0.900. The number of hydrogen-bond donors (Lipinski definition) is 1. The van der Waals surface area contributed by atoms with E-state index >= 15 is 0 Å². The minimum Gasteiger partial charge on any atom is -0.331 e. The minimum atomic E-state index is 0.444. The van der Waals surface area contributed by atoms with Crippen molar-refractivity contribution in [3.8, 4) is 0 Å². The highest BCUT2D eigenvalue weighted by Crippen LogP contribution is 2.58. The van der Waals surface area contributed by atoms with Crippen LogP contribution in [0.4, 0.5) is 0 Å². The summed E-state index contributed by atoms with van der Waals surface area (Å²) < 4.78 is 2.50. The molecule has 0 radical (unpaired) electrons. The number of rotatable bonds is 4. The molecule has 1 aromatic heterocycles. The molecule has 3 nitrogen and oxygen atoms in total. The SMILES string of the molecule is CNCCc1cn(C23CC4CC(CC(C4)C2)C3)cn1. The Morgan fingerprint density at radius 1 is 1.21 bits per heavy atom. The minimum absolute atomic E-state index is 0.444. The van der Waals surface area contributed by atoms with Crippen LogP contribution in [0.2, 0.25) is 0 Å². The van der Waals surface area contributed by atoms with Gasteiger partial charge in [0.05, 0.1) is 12.0 Å². The molecule has 0 amide bonds. The van der Waals surface area contributed by atoms with E-state index in [2.05, 4.69) is 27.4 Å². The molecule has 0 atom stereocenters. The molecule has 19 heavy (non-hydrogen) atoms. The summed E-state index contributed by atoms with van der Waals surface area (Å²) in [5.41, 5.74) is 1.70. The van der Waals surface area contributed by atoms with Crippen molar-refractivity contribution in [2.24, 2.45) is 17.8 Å². The summed E-state index contributed by atoms with van der Waals surface area (Å²) in [6, 6.07) is 0. The second kappa shape index (κ2) is 4.34. The molecule has 3 heteroatoms. The van der Waals surface area contributed by atoms with Crippen LogP contribution in [0.3, 0.4) is 0 Å². The van der Waals surface area contributed by atoms with Gasteiger partial charge in [0, 0.05) is 24.7 Å². The molecule has 4 aliphatic rings. The van der Waals surface area contributed by atoms with Crippen LogP contribution in [-0.4, -0.2) is 23.1 Å². The van der Waals surface area contributed by atoms with Gasteiger partial charge in [0.1, 0.15) is 0 Å². The molecular formula is C16H25N3. The van der Waals surface area contributed by atoms with Crippen LogP contribution in [-0.2, 0) is 12.0 Å². The van der Waals surface area contributed by atoms with Crippen molar-refractivity contribution in [1.29, 1.82) is 0 Å². The number of imidazole rings is 1. The summed E-state index contributed by atoms with van der Waals surface area (Å²) in [6.45, 7) is 1.03. The van der Waals surface area contributed by atoms with Gasteiger partial charge in [-0.25, -0.2) is 4.98 Å². The Balaban J connectivity index is 1.59. The largest absolute Gasteiger partial charge is 0.331 e. The highest BCUT2D eigenvalue weighted by atomic mass is 15.1. The number of hydrogen-bond acceptors (Lipinski definition) is 2. The number of nitrogens with one attached hydrogen (secondary N) is 1. The number of likely N-dealkylation sites (N-methyl/N-ethyl adjacent to an activating group) is 1. The van der Waals surface area contributed by atoms with Crippen molar-refractivity contribution in [2.45, 2.75) is 50.5 Å². The Kier molecular flexibility index (Phi) is 2.73. The molecule has 4 aliphatic carbocycles. The molecule has 0 unspecified atom stereocenters. The van der Waals surface area contributed by atoms with Crippen molar-refractivity contribution >= 4 is 0 Å². The van der Waals surface area contributed by atoms with E-state index < -0.39 is 0 Å². The second-order valence-corrected chi connectivity index (χ2v) is 7.27. The van der Waals surface area contributed by atoms with Gasteiger partial charge in [-0.2, -0.15) is 0 Å². The Labute approximate surface area is 115 Å². The topological polar surface area (TPSA) is 29.9 Å². The highest BCUT2D eigenvalue weighted by Gasteiger charge is 2.51. The molecule has 1 heterocycles. The fourth-order valence-corrected chi connectivity index (χ4v) is 5.39. The lowest BCUT2D eigenvalue weighted by Crippen LogP contribution is -2.51. The molecule has 0 aromatic carbocycles. The monoisotopic (exact) mass is 259 g/mol. The van der Waals surface area contributed by atoms with Crippen molar-refractivity contribution in [2.75, 3.05) is 13.6 Å². The maximum Gasteiger partial charge on any atom is 0.0954 e. The van der Waals surface area contributed by atoms with Crippen molar-refractivity contribution in [3.05, 3.63) is 18.2 Å². The van der Waals surface area contributed by atoms with Crippen LogP contribution in [0.1, 0.15) is 44.2 Å². The Morgan fingerprint density at radius 3 is 2.42 bits per heavy atom. The maximum atomic E-state index is 4.63. The first-order chi connectivity index (χ1) is 9.27. The van der Waals surface area contributed by atoms with Gasteiger partial charge in [0.25, 0.3) is 0 Å². The van der Waals surface area contributed by atoms with Crippen molar-refractivity contribution in [3.63, 3.8) is 0 Å². The standard InChI is InChI=1S/C16H25N3/c1-17-3-2-15-10-19(11-18-15)16-7-12-4-13(8-16)6-14(5-12)9-16/h10-14,17H,2-9H2,1H3. The highest BCUT2D eigenvalue weighted by molar-refractivity contribution is 5.09. The smallest absolute Gasteiger partial charge is 0.0954 e. The normalized spacial score (nSPS) is 39.9. The maximum absolute atomic E-state index is 4.63. The summed E-state index contributed by atoms with van der Waals surface area (Å²) in [6.07, 6.45) is 14.3. The third kappa shape index (κ3) is 1.94. The average molecular weight is 259 g/mol. The van der Waals surface area contributed by atoms with E-state index in [-0.39, 0.29) is 0 Å². The fourth-order valence-electron chi connectivity index (χ4n) is 5.39. The van der Waals surface area contributed by atoms with E-state index in [9.17, 15) is 0 Å². The molecular weight excluding hydrogens is 234 g/mol. The zero-order valence-electron chi connectivity index (χ0n) is 11.9. The third-order valence-electron chi connectivity index (χ3n) is 5.82. The van der Waals surface area contributed by atoms with Crippen LogP contribution in [0.25, 0.3) is 0 Å². The van der Waals surface area contributed by atoms with Gasteiger partial charge < -0.3 is 9.88 Å². The van der Waals surface area contributed by atoms with Crippen LogP contribution in [0, 0.1) is 17.8 Å². The summed E-state index contributed by atoms with van der Waals surface area (Å²) in [5, 5.41) is 3.21. The first kappa shape index (κ1) is 12.0. The zero-order valence-corrected chi connectivity index (χ0v) is 11.9. The average Bonchev–Trinajstić information content (AvgIpc) is 2.84. The van der Waals surface area contributed by atoms with E-state index in [1.807, 2.05) is 7.05 Å². The zero-order chi connectivity index (χ0) is 12.9. The molecule has 4 fully saturated rings. The molecule has 0 spiro atoms. The molecule has 0 aliphatic heterocycles. The van der Waals surface area contributed by atoms with Gasteiger partial charge in [0.2, 0.25) is 0 Å². The Hall–Kier alpha value is -0.830. The number of aromatic nitrogens is 2. The van der Waals surface area contributed by atoms with Gasteiger partial charge in [-0.15, -0.1) is 0 Å². The molecule has 5 rings (SSSR count). The van der Waals surface area contributed by atoms with Crippen molar-refractivity contribution in [1.82, 2.24) is 14.9 Å². The predicted octanol–water partition coefficient (Wildman–Crippen LogP) is 2.57. The lowest BCUT2D eigenvalue weighted by Gasteiger charge is -2.57. The van der Waals surface area contributed by atoms with Crippen LogP contribution < -0.4 is 5.32 Å². The summed E-state index contributed by atoms with van der Waals surface area (Å²) in [4.78, 5) is 4.63. The molecule has 104 valence electrons. The van der Waals surface area contributed by atoms with E-state index in [4.69, 9.17) is 0 Å². The molecule has 1 N–H and O–H groups in total. The number of nitrogens with zero attached hydrogens (tertiary/aromatic N) is 2. The van der Waals surface area contributed by atoms with E-state index in [1.165, 1.54) is 44.2 Å². The van der Waals surface area contributed by atoms with Gasteiger partial charge in [-0.1, -0.05) is 0 Å². The van der Waals surface area contributed by atoms with Gasteiger partial charge in [-0.05, 0) is 63.3 Å². The van der Waals surface area contributed by atoms with E-state index in [0.717, 1.165) is 30.7 Å². The first-order valence-electron chi connectivity index (χ1n) is 7.95. The van der Waals surface area contributed by atoms with E-state index in [0.29, 0.717) is 5.54 Å². The van der Waals surface area contributed by atoms with Gasteiger partial charge in [0.15, 0.2) is 0 Å². The summed E-state index contributed by atoms with van der Waals surface area (Å²) >= 11 is 0. The first-order valence-corrected chi connectivity index (χ1v) is 7.95. The van der Waals surface area contributed by atoms with Crippen molar-refractivity contribution < 1.29 is 0 Å². The van der Waals surface area contributed by atoms with Crippen LogP contribution in [0.5, 0.6) is 0 Å². The fraction of sp³-hybridized carbons (Fsp3) is 0.812. The molecule has 4 bridgehead atoms. The van der Waals surface area contributed by atoms with Crippen LogP contribution in [0.15, 0.2) is 12.5 Å². The molecule has 4 saturated carbocycles. The second-order valence-electron chi connectivity index (χ2n) is 7.27. The lowest BCUT2D eigenvalue weighted by atomic mass is 9.53. The van der Waals surface area contributed by atoms with Crippen LogP contribution >= 0.6 is 0 Å². The van der Waals surface area contributed by atoms with Gasteiger partial charge in [-0.3, -0.25) is 0 Å². The predicted molar refractivity (Wildman–Crippen MR) is 76.0 cm³/mol. The summed E-state index contributed by atoms with van der Waals surface area (Å²) in [5.74, 6) is 3.03. The lowest BCUT2D eigenvalue weighted by molar-refractivity contribution is -0.0431. The Morgan fingerprint density at radius 2 is 1.84 bits per heavy atom. The van der Waals surface area contributed by atoms with E-state index in [1.54, 1.807) is 0 Å². The Bertz CT molecular complexity index is 427. The summed E-state index contributed by atoms with van der Waals surface area (Å²) in [7, 11) is 2.01.